The molecule has 18 heteroatoms. The van der Waals surface area contributed by atoms with Gasteiger partial charge in [-0.3, -0.25) is 0 Å². The number of sulfone groups is 1. The molecule has 3 heterocycles. The van der Waals surface area contributed by atoms with Gasteiger partial charge in [0.25, 0.3) is 0 Å². The Kier molecular flexibility index (Phi) is 14.1. The molecule has 0 radical (unpaired) electrons. The van der Waals surface area contributed by atoms with Gasteiger partial charge in [0.05, 0.1) is 25.9 Å². The van der Waals surface area contributed by atoms with Gasteiger partial charge < -0.3 is 74.4 Å². The first kappa shape index (κ1) is 37.8. The summed E-state index contributed by atoms with van der Waals surface area (Å²) in [6.07, 6.45) is -20.5. The smallest absolute Gasteiger partial charge is 0.187 e. The lowest BCUT2D eigenvalue weighted by Crippen LogP contribution is -2.65. The molecule has 3 rings (SSSR count). The van der Waals surface area contributed by atoms with E-state index < -0.39 is 115 Å². The van der Waals surface area contributed by atoms with Crippen LogP contribution in [-0.2, 0) is 38.3 Å². The highest BCUT2D eigenvalue weighted by molar-refractivity contribution is 7.90. The van der Waals surface area contributed by atoms with Gasteiger partial charge in [0.1, 0.15) is 83.1 Å². The molecule has 17 nitrogen and oxygen atoms in total. The minimum Gasteiger partial charge on any atom is -0.394 e. The van der Waals surface area contributed by atoms with E-state index in [0.717, 1.165) is 6.26 Å². The summed E-state index contributed by atoms with van der Waals surface area (Å²) in [5.74, 6) is -0.328. The van der Waals surface area contributed by atoms with Crippen LogP contribution in [0.2, 0.25) is 0 Å². The summed E-state index contributed by atoms with van der Waals surface area (Å²) < 4.78 is 56.1. The van der Waals surface area contributed by atoms with Crippen LogP contribution in [0.15, 0.2) is 0 Å². The van der Waals surface area contributed by atoms with Crippen molar-refractivity contribution in [2.75, 3.05) is 38.4 Å². The monoisotopic (exact) mass is 664 g/mol. The molecule has 0 aromatic rings. The lowest BCUT2D eigenvalue weighted by molar-refractivity contribution is -0.349. The first-order valence-electron chi connectivity index (χ1n) is 14.6. The Hall–Kier alpha value is -0.650. The van der Waals surface area contributed by atoms with Crippen LogP contribution >= 0.6 is 0 Å². The molecule has 0 saturated carbocycles. The molecule has 0 spiro atoms. The van der Waals surface area contributed by atoms with Crippen LogP contribution in [0.1, 0.15) is 26.7 Å². The molecule has 15 atom stereocenters. The first-order valence-corrected chi connectivity index (χ1v) is 16.7. The van der Waals surface area contributed by atoms with Crippen LogP contribution in [0.3, 0.4) is 0 Å². The normalized spacial score (nSPS) is 43.8. The molecule has 15 unspecified atom stereocenters. The van der Waals surface area contributed by atoms with Crippen molar-refractivity contribution < 1.29 is 82.8 Å². The van der Waals surface area contributed by atoms with E-state index in [-0.39, 0.29) is 24.9 Å². The Morgan fingerprint density at radius 1 is 0.682 bits per heavy atom. The van der Waals surface area contributed by atoms with Crippen LogP contribution in [-0.4, -0.2) is 185 Å². The third-order valence-corrected chi connectivity index (χ3v) is 8.98. The van der Waals surface area contributed by atoms with Gasteiger partial charge in [0.2, 0.25) is 0 Å². The maximum absolute atomic E-state index is 11.2. The van der Waals surface area contributed by atoms with Crippen molar-refractivity contribution in [3.8, 4) is 0 Å². The fraction of sp³-hybridized carbons (Fsp3) is 1.00. The molecular formula is C26H48O17S. The van der Waals surface area contributed by atoms with Crippen molar-refractivity contribution in [1.82, 2.24) is 0 Å². The number of hydrogen-bond donors (Lipinski definition) is 9. The van der Waals surface area contributed by atoms with Crippen LogP contribution < -0.4 is 0 Å². The Bertz CT molecular complexity index is 968. The van der Waals surface area contributed by atoms with Crippen LogP contribution in [0.25, 0.3) is 0 Å². The van der Waals surface area contributed by atoms with E-state index in [9.17, 15) is 54.4 Å². The van der Waals surface area contributed by atoms with Gasteiger partial charge in [-0.25, -0.2) is 8.42 Å². The highest BCUT2D eigenvalue weighted by Crippen LogP contribution is 2.32. The summed E-state index contributed by atoms with van der Waals surface area (Å²) in [5.41, 5.74) is 0. The summed E-state index contributed by atoms with van der Waals surface area (Å²) in [6, 6.07) is 0. The summed E-state index contributed by atoms with van der Waals surface area (Å²) in [7, 11) is -3.11. The van der Waals surface area contributed by atoms with Gasteiger partial charge in [-0.05, 0) is 18.8 Å². The van der Waals surface area contributed by atoms with E-state index in [1.807, 2.05) is 0 Å². The number of aliphatic hydroxyl groups excluding tert-OH is 9. The average Bonchev–Trinajstić information content (AvgIpc) is 2.96. The third kappa shape index (κ3) is 9.46. The molecule has 0 aliphatic carbocycles. The van der Waals surface area contributed by atoms with Crippen LogP contribution in [0.4, 0.5) is 0 Å². The molecule has 3 saturated heterocycles. The standard InChI is InChI=1S/C26H48O17S/c1-11(2)23-22(35)24(43-26-21(34)18(31)15(28)12(8-27)41-26)17(30)14(40-23)10-39-25-20(33)19(32)16(29)13(42-25)9-38-6-4-5-7-44(3,36)37/h11-35H,4-10H2,1-3H3. The summed E-state index contributed by atoms with van der Waals surface area (Å²) in [5, 5.41) is 93.3. The predicted molar refractivity (Wildman–Crippen MR) is 147 cm³/mol. The Morgan fingerprint density at radius 2 is 1.25 bits per heavy atom. The highest BCUT2D eigenvalue weighted by atomic mass is 32.2. The average molecular weight is 665 g/mol. The van der Waals surface area contributed by atoms with E-state index >= 15 is 0 Å². The molecule has 44 heavy (non-hydrogen) atoms. The van der Waals surface area contributed by atoms with Crippen LogP contribution in [0.5, 0.6) is 0 Å². The van der Waals surface area contributed by atoms with Gasteiger partial charge in [-0.1, -0.05) is 13.8 Å². The van der Waals surface area contributed by atoms with Crippen LogP contribution in [0, 0.1) is 5.92 Å². The van der Waals surface area contributed by atoms with Crippen molar-refractivity contribution in [2.24, 2.45) is 5.92 Å². The number of hydrogen-bond acceptors (Lipinski definition) is 17. The van der Waals surface area contributed by atoms with Crippen molar-refractivity contribution in [1.29, 1.82) is 0 Å². The van der Waals surface area contributed by atoms with E-state index in [4.69, 9.17) is 28.4 Å². The Balaban J connectivity index is 1.63. The molecular weight excluding hydrogens is 616 g/mol. The summed E-state index contributed by atoms with van der Waals surface area (Å²) in [4.78, 5) is 0. The van der Waals surface area contributed by atoms with Gasteiger partial charge in [0, 0.05) is 18.6 Å². The fourth-order valence-corrected chi connectivity index (χ4v) is 6.03. The van der Waals surface area contributed by atoms with Crippen molar-refractivity contribution in [3.63, 3.8) is 0 Å². The third-order valence-electron chi connectivity index (χ3n) is 7.95. The molecule has 260 valence electrons. The number of rotatable bonds is 14. The second-order valence-corrected chi connectivity index (χ2v) is 14.2. The molecule has 9 N–H and O–H groups in total. The molecule has 0 aromatic heterocycles. The van der Waals surface area contributed by atoms with Crippen molar-refractivity contribution >= 4 is 9.84 Å². The number of ether oxygens (including phenoxy) is 6. The minimum atomic E-state index is -3.11. The number of aliphatic hydroxyl groups is 9. The van der Waals surface area contributed by atoms with Crippen molar-refractivity contribution in [3.05, 3.63) is 0 Å². The summed E-state index contributed by atoms with van der Waals surface area (Å²) in [6.45, 7) is 2.23. The molecule has 3 aliphatic heterocycles. The molecule has 3 aliphatic rings. The molecule has 3 fully saturated rings. The molecule has 0 bridgehead atoms. The Morgan fingerprint density at radius 3 is 1.84 bits per heavy atom. The zero-order chi connectivity index (χ0) is 32.9. The second-order valence-electron chi connectivity index (χ2n) is 11.9. The lowest BCUT2D eigenvalue weighted by Gasteiger charge is -2.47. The van der Waals surface area contributed by atoms with E-state index in [1.165, 1.54) is 0 Å². The van der Waals surface area contributed by atoms with Crippen molar-refractivity contribution in [2.45, 2.75) is 119 Å². The van der Waals surface area contributed by atoms with E-state index in [2.05, 4.69) is 0 Å². The zero-order valence-corrected chi connectivity index (χ0v) is 25.7. The topological polar surface area (TPSA) is 272 Å². The van der Waals surface area contributed by atoms with Gasteiger partial charge in [-0.2, -0.15) is 0 Å². The lowest BCUT2D eigenvalue weighted by atomic mass is 9.89. The number of unbranched alkanes of at least 4 members (excludes halogenated alkanes) is 1. The minimum absolute atomic E-state index is 0.00205. The van der Waals surface area contributed by atoms with Gasteiger partial charge in [-0.15, -0.1) is 0 Å². The van der Waals surface area contributed by atoms with E-state index in [1.54, 1.807) is 13.8 Å². The van der Waals surface area contributed by atoms with Gasteiger partial charge >= 0.3 is 0 Å². The SMILES string of the molecule is CC(C)C1OC(COC2OC(COCCCCS(C)(=O)=O)C(O)C(O)C2O)C(O)C(OC2OC(CO)C(O)C(O)C2O)C1O. The van der Waals surface area contributed by atoms with E-state index in [0.29, 0.717) is 12.8 Å². The Labute approximate surface area is 255 Å². The molecule has 0 amide bonds. The quantitative estimate of drug-likeness (QED) is 0.0786. The predicted octanol–water partition coefficient (Wildman–Crippen LogP) is -5.02. The maximum atomic E-state index is 11.2. The van der Waals surface area contributed by atoms with Gasteiger partial charge in [0.15, 0.2) is 12.6 Å². The largest absolute Gasteiger partial charge is 0.394 e. The second kappa shape index (κ2) is 16.4. The summed E-state index contributed by atoms with van der Waals surface area (Å²) >= 11 is 0. The maximum Gasteiger partial charge on any atom is 0.187 e. The molecule has 0 aromatic carbocycles. The zero-order valence-electron chi connectivity index (χ0n) is 24.9. The fourth-order valence-electron chi connectivity index (χ4n) is 5.30. The highest BCUT2D eigenvalue weighted by Gasteiger charge is 2.52. The first-order chi connectivity index (χ1) is 20.6.